The Hall–Kier alpha value is -3.18. The largest absolute Gasteiger partial charge is 0.348 e. The zero-order valence-electron chi connectivity index (χ0n) is 15.6. The van der Waals surface area contributed by atoms with Crippen molar-refractivity contribution in [2.75, 3.05) is 0 Å². The number of hydrogen-bond acceptors (Lipinski definition) is 3. The molecule has 0 unspecified atom stereocenters. The van der Waals surface area contributed by atoms with Crippen LogP contribution in [0.25, 0.3) is 16.9 Å². The van der Waals surface area contributed by atoms with Gasteiger partial charge in [-0.05, 0) is 61.4 Å². The Bertz CT molecular complexity index is 1170. The quantitative estimate of drug-likeness (QED) is 0.553. The molecule has 2 aromatic heterocycles. The standard InChI is InChI=1S/C22H19ClN4O/c1-14-5-8-17(22(28)25-13-16-6-9-18(23)10-7-16)12-20(14)27-15(2)26-19-4-3-11-24-21(19)27/h3-12H,13H2,1-2H3,(H,25,28). The van der Waals surface area contributed by atoms with Crippen molar-refractivity contribution in [2.24, 2.45) is 0 Å². The lowest BCUT2D eigenvalue weighted by atomic mass is 10.1. The molecule has 0 saturated heterocycles. The van der Waals surface area contributed by atoms with Crippen LogP contribution in [-0.4, -0.2) is 20.4 Å². The molecule has 4 aromatic rings. The van der Waals surface area contributed by atoms with Crippen LogP contribution in [0.5, 0.6) is 0 Å². The minimum atomic E-state index is -0.133. The van der Waals surface area contributed by atoms with E-state index in [4.69, 9.17) is 11.6 Å². The Balaban J connectivity index is 1.64. The van der Waals surface area contributed by atoms with Gasteiger partial charge in [0, 0.05) is 23.3 Å². The predicted octanol–water partition coefficient (Wildman–Crippen LogP) is 4.62. The average molecular weight is 391 g/mol. The molecule has 2 heterocycles. The molecule has 0 fully saturated rings. The summed E-state index contributed by atoms with van der Waals surface area (Å²) >= 11 is 5.91. The van der Waals surface area contributed by atoms with Crippen molar-refractivity contribution >= 4 is 28.7 Å². The summed E-state index contributed by atoms with van der Waals surface area (Å²) in [6.45, 7) is 4.39. The minimum Gasteiger partial charge on any atom is -0.348 e. The fourth-order valence-electron chi connectivity index (χ4n) is 3.19. The molecule has 0 aliphatic rings. The minimum absolute atomic E-state index is 0.133. The summed E-state index contributed by atoms with van der Waals surface area (Å²) in [5.74, 6) is 0.696. The SMILES string of the molecule is Cc1ccc(C(=O)NCc2ccc(Cl)cc2)cc1-n1c(C)nc2cccnc21. The van der Waals surface area contributed by atoms with E-state index in [0.717, 1.165) is 33.8 Å². The number of aromatic nitrogens is 3. The maximum absolute atomic E-state index is 12.7. The van der Waals surface area contributed by atoms with Gasteiger partial charge in [0.05, 0.1) is 5.69 Å². The number of halogens is 1. The molecular formula is C22H19ClN4O. The number of carbonyl (C=O) groups is 1. The summed E-state index contributed by atoms with van der Waals surface area (Å²) in [7, 11) is 0. The fourth-order valence-corrected chi connectivity index (χ4v) is 3.32. The summed E-state index contributed by atoms with van der Waals surface area (Å²) in [6, 6.07) is 16.9. The molecule has 0 bridgehead atoms. The van der Waals surface area contributed by atoms with Crippen LogP contribution in [0.3, 0.4) is 0 Å². The second kappa shape index (κ2) is 7.44. The lowest BCUT2D eigenvalue weighted by Gasteiger charge is -2.12. The first-order valence-corrected chi connectivity index (χ1v) is 9.34. The van der Waals surface area contributed by atoms with E-state index in [1.54, 1.807) is 6.20 Å². The molecular weight excluding hydrogens is 372 g/mol. The van der Waals surface area contributed by atoms with Gasteiger partial charge in [0.25, 0.3) is 5.91 Å². The van der Waals surface area contributed by atoms with Crippen molar-refractivity contribution in [1.82, 2.24) is 19.9 Å². The molecule has 0 spiro atoms. The average Bonchev–Trinajstić information content (AvgIpc) is 3.03. The normalized spacial score (nSPS) is 11.0. The van der Waals surface area contributed by atoms with Gasteiger partial charge in [0.15, 0.2) is 5.65 Å². The van der Waals surface area contributed by atoms with Crippen LogP contribution in [0.15, 0.2) is 60.8 Å². The third-order valence-electron chi connectivity index (χ3n) is 4.66. The van der Waals surface area contributed by atoms with Crippen molar-refractivity contribution in [2.45, 2.75) is 20.4 Å². The number of amides is 1. The van der Waals surface area contributed by atoms with Crippen LogP contribution in [0.4, 0.5) is 0 Å². The van der Waals surface area contributed by atoms with Crippen molar-refractivity contribution in [3.05, 3.63) is 88.3 Å². The summed E-state index contributed by atoms with van der Waals surface area (Å²) in [5.41, 5.74) is 5.14. The van der Waals surface area contributed by atoms with Crippen LogP contribution in [0, 0.1) is 13.8 Å². The van der Waals surface area contributed by atoms with Crippen molar-refractivity contribution in [1.29, 1.82) is 0 Å². The van der Waals surface area contributed by atoms with Gasteiger partial charge in [-0.25, -0.2) is 9.97 Å². The third-order valence-corrected chi connectivity index (χ3v) is 4.91. The molecule has 1 N–H and O–H groups in total. The Morgan fingerprint density at radius 3 is 2.68 bits per heavy atom. The van der Waals surface area contributed by atoms with Crippen LogP contribution >= 0.6 is 11.6 Å². The Morgan fingerprint density at radius 1 is 1.11 bits per heavy atom. The molecule has 5 nitrogen and oxygen atoms in total. The van der Waals surface area contributed by atoms with E-state index in [2.05, 4.69) is 15.3 Å². The van der Waals surface area contributed by atoms with Gasteiger partial charge in [-0.15, -0.1) is 0 Å². The number of rotatable bonds is 4. The summed E-state index contributed by atoms with van der Waals surface area (Å²) in [4.78, 5) is 21.7. The first-order chi connectivity index (χ1) is 13.5. The predicted molar refractivity (Wildman–Crippen MR) is 111 cm³/mol. The molecule has 0 aliphatic heterocycles. The van der Waals surface area contributed by atoms with E-state index in [9.17, 15) is 4.79 Å². The highest BCUT2D eigenvalue weighted by molar-refractivity contribution is 6.30. The van der Waals surface area contributed by atoms with Gasteiger partial charge in [0.2, 0.25) is 0 Å². The van der Waals surface area contributed by atoms with Crippen molar-refractivity contribution in [3.8, 4) is 5.69 Å². The van der Waals surface area contributed by atoms with Gasteiger partial charge in [-0.1, -0.05) is 29.8 Å². The molecule has 0 radical (unpaired) electrons. The highest BCUT2D eigenvalue weighted by Crippen LogP contribution is 2.23. The highest BCUT2D eigenvalue weighted by Gasteiger charge is 2.14. The van der Waals surface area contributed by atoms with E-state index in [1.807, 2.05) is 73.0 Å². The number of pyridine rings is 1. The second-order valence-corrected chi connectivity index (χ2v) is 7.09. The van der Waals surface area contributed by atoms with Gasteiger partial charge < -0.3 is 5.32 Å². The topological polar surface area (TPSA) is 59.8 Å². The van der Waals surface area contributed by atoms with E-state index < -0.39 is 0 Å². The number of nitrogens with zero attached hydrogens (tertiary/aromatic N) is 3. The van der Waals surface area contributed by atoms with Crippen LogP contribution in [0.2, 0.25) is 5.02 Å². The van der Waals surface area contributed by atoms with Gasteiger partial charge in [-0.2, -0.15) is 0 Å². The Labute approximate surface area is 168 Å². The van der Waals surface area contributed by atoms with Crippen molar-refractivity contribution in [3.63, 3.8) is 0 Å². The smallest absolute Gasteiger partial charge is 0.251 e. The number of fused-ring (bicyclic) bond motifs is 1. The molecule has 140 valence electrons. The van der Waals surface area contributed by atoms with Crippen molar-refractivity contribution < 1.29 is 4.79 Å². The number of benzene rings is 2. The van der Waals surface area contributed by atoms with Crippen LogP contribution < -0.4 is 5.32 Å². The van der Waals surface area contributed by atoms with E-state index in [-0.39, 0.29) is 5.91 Å². The maximum atomic E-state index is 12.7. The fraction of sp³-hybridized carbons (Fsp3) is 0.136. The number of hydrogen-bond donors (Lipinski definition) is 1. The Morgan fingerprint density at radius 2 is 1.89 bits per heavy atom. The molecule has 6 heteroatoms. The molecule has 28 heavy (non-hydrogen) atoms. The van der Waals surface area contributed by atoms with E-state index in [0.29, 0.717) is 17.1 Å². The monoisotopic (exact) mass is 390 g/mol. The Kier molecular flexibility index (Phi) is 4.84. The van der Waals surface area contributed by atoms with Gasteiger partial charge in [-0.3, -0.25) is 9.36 Å². The zero-order valence-corrected chi connectivity index (χ0v) is 16.4. The molecule has 0 aliphatic carbocycles. The van der Waals surface area contributed by atoms with Crippen LogP contribution in [-0.2, 0) is 6.54 Å². The molecule has 2 aromatic carbocycles. The number of imidazole rings is 1. The number of aryl methyl sites for hydroxylation is 2. The lowest BCUT2D eigenvalue weighted by molar-refractivity contribution is 0.0951. The molecule has 0 saturated carbocycles. The van der Waals surface area contributed by atoms with Crippen LogP contribution in [0.1, 0.15) is 27.3 Å². The first-order valence-electron chi connectivity index (χ1n) is 8.96. The highest BCUT2D eigenvalue weighted by atomic mass is 35.5. The molecule has 0 atom stereocenters. The van der Waals surface area contributed by atoms with Gasteiger partial charge in [0.1, 0.15) is 11.3 Å². The summed E-state index contributed by atoms with van der Waals surface area (Å²) in [5, 5.41) is 3.63. The summed E-state index contributed by atoms with van der Waals surface area (Å²) < 4.78 is 1.99. The number of carbonyl (C=O) groups excluding carboxylic acids is 1. The first kappa shape index (κ1) is 18.2. The van der Waals surface area contributed by atoms with Gasteiger partial charge >= 0.3 is 0 Å². The second-order valence-electron chi connectivity index (χ2n) is 6.65. The van der Waals surface area contributed by atoms with E-state index >= 15 is 0 Å². The maximum Gasteiger partial charge on any atom is 0.251 e. The zero-order chi connectivity index (χ0) is 19.7. The molecule has 4 rings (SSSR count). The third kappa shape index (κ3) is 3.49. The van der Waals surface area contributed by atoms with E-state index in [1.165, 1.54) is 0 Å². The number of nitrogens with one attached hydrogen (secondary N) is 1. The summed E-state index contributed by atoms with van der Waals surface area (Å²) in [6.07, 6.45) is 1.75. The lowest BCUT2D eigenvalue weighted by Crippen LogP contribution is -2.23. The molecule has 1 amide bonds.